The Labute approximate surface area is 110 Å². The molecule has 0 aromatic carbocycles. The van der Waals surface area contributed by atoms with Gasteiger partial charge in [-0.1, -0.05) is 13.8 Å². The van der Waals surface area contributed by atoms with Crippen molar-refractivity contribution in [2.45, 2.75) is 52.4 Å². The lowest BCUT2D eigenvalue weighted by atomic mass is 9.64. The van der Waals surface area contributed by atoms with Crippen LogP contribution in [0, 0.1) is 23.2 Å². The Kier molecular flexibility index (Phi) is 4.31. The molecule has 2 aliphatic rings. The van der Waals surface area contributed by atoms with Gasteiger partial charge in [0.05, 0.1) is 6.42 Å². The van der Waals surface area contributed by atoms with E-state index >= 15 is 0 Å². The average molecular weight is 253 g/mol. The lowest BCUT2D eigenvalue weighted by Crippen LogP contribution is -2.42. The molecule has 2 N–H and O–H groups in total. The maximum atomic E-state index is 11.2. The molecule has 2 aliphatic carbocycles. The van der Waals surface area contributed by atoms with Gasteiger partial charge in [-0.05, 0) is 61.8 Å². The summed E-state index contributed by atoms with van der Waals surface area (Å²) in [6.07, 6.45) is 6.43. The molecular formula is C15H27NO2. The van der Waals surface area contributed by atoms with Gasteiger partial charge in [0.25, 0.3) is 0 Å². The van der Waals surface area contributed by atoms with Crippen molar-refractivity contribution in [1.82, 2.24) is 5.32 Å². The van der Waals surface area contributed by atoms with Crippen LogP contribution < -0.4 is 5.32 Å². The molecule has 0 radical (unpaired) electrons. The van der Waals surface area contributed by atoms with Crippen LogP contribution in [0.25, 0.3) is 0 Å². The van der Waals surface area contributed by atoms with Gasteiger partial charge in [-0.25, -0.2) is 0 Å². The van der Waals surface area contributed by atoms with Crippen LogP contribution in [0.2, 0.25) is 0 Å². The van der Waals surface area contributed by atoms with Crippen molar-refractivity contribution in [2.24, 2.45) is 23.2 Å². The third-order valence-electron chi connectivity index (χ3n) is 4.52. The smallest absolute Gasteiger partial charge is 0.303 e. The second kappa shape index (κ2) is 5.60. The lowest BCUT2D eigenvalue weighted by Gasteiger charge is -2.42. The van der Waals surface area contributed by atoms with Gasteiger partial charge in [0.2, 0.25) is 0 Å². The number of carboxylic acids is 1. The maximum absolute atomic E-state index is 11.2. The minimum atomic E-state index is -0.635. The van der Waals surface area contributed by atoms with Crippen molar-refractivity contribution in [3.8, 4) is 0 Å². The third kappa shape index (κ3) is 3.98. The van der Waals surface area contributed by atoms with E-state index in [0.717, 1.165) is 31.8 Å². The maximum Gasteiger partial charge on any atom is 0.303 e. The number of carboxylic acid groups (broad SMARTS) is 1. The zero-order valence-corrected chi connectivity index (χ0v) is 11.7. The minimum Gasteiger partial charge on any atom is -0.481 e. The molecule has 104 valence electrons. The van der Waals surface area contributed by atoms with Crippen molar-refractivity contribution >= 4 is 5.97 Å². The van der Waals surface area contributed by atoms with E-state index in [1.165, 1.54) is 19.3 Å². The summed E-state index contributed by atoms with van der Waals surface area (Å²) in [6, 6.07) is 0. The molecule has 0 aromatic heterocycles. The van der Waals surface area contributed by atoms with E-state index in [1.807, 2.05) is 0 Å². The van der Waals surface area contributed by atoms with Gasteiger partial charge in [0.15, 0.2) is 0 Å². The average Bonchev–Trinajstić information content (AvgIpc) is 2.97. The Morgan fingerprint density at radius 1 is 1.28 bits per heavy atom. The monoisotopic (exact) mass is 253 g/mol. The van der Waals surface area contributed by atoms with Gasteiger partial charge in [-0.3, -0.25) is 4.79 Å². The van der Waals surface area contributed by atoms with Gasteiger partial charge < -0.3 is 10.4 Å². The Morgan fingerprint density at radius 3 is 2.39 bits per heavy atom. The van der Waals surface area contributed by atoms with E-state index in [2.05, 4.69) is 19.2 Å². The molecule has 3 heteroatoms. The van der Waals surface area contributed by atoms with Crippen LogP contribution in [0.3, 0.4) is 0 Å². The highest BCUT2D eigenvalue weighted by molar-refractivity contribution is 5.67. The van der Waals surface area contributed by atoms with Gasteiger partial charge in [0.1, 0.15) is 0 Å². The number of hydrogen-bond donors (Lipinski definition) is 2. The molecule has 0 bridgehead atoms. The van der Waals surface area contributed by atoms with Crippen LogP contribution >= 0.6 is 0 Å². The van der Waals surface area contributed by atoms with Crippen molar-refractivity contribution in [3.05, 3.63) is 0 Å². The number of aliphatic carboxylic acids is 1. The number of nitrogens with one attached hydrogen (secondary N) is 1. The van der Waals surface area contributed by atoms with Crippen molar-refractivity contribution in [3.63, 3.8) is 0 Å². The van der Waals surface area contributed by atoms with E-state index < -0.39 is 5.97 Å². The first-order chi connectivity index (χ1) is 8.49. The largest absolute Gasteiger partial charge is 0.481 e. The van der Waals surface area contributed by atoms with Gasteiger partial charge in [-0.2, -0.15) is 0 Å². The summed E-state index contributed by atoms with van der Waals surface area (Å²) < 4.78 is 0. The predicted molar refractivity (Wildman–Crippen MR) is 72.5 cm³/mol. The van der Waals surface area contributed by atoms with Gasteiger partial charge >= 0.3 is 5.97 Å². The van der Waals surface area contributed by atoms with Crippen LogP contribution in [-0.2, 0) is 4.79 Å². The first-order valence-electron chi connectivity index (χ1n) is 7.42. The van der Waals surface area contributed by atoms with Crippen molar-refractivity contribution in [2.75, 3.05) is 13.1 Å². The first-order valence-corrected chi connectivity index (χ1v) is 7.42. The predicted octanol–water partition coefficient (Wildman–Crippen LogP) is 2.90. The summed E-state index contributed by atoms with van der Waals surface area (Å²) >= 11 is 0. The molecule has 0 amide bonds. The van der Waals surface area contributed by atoms with E-state index in [9.17, 15) is 9.90 Å². The molecule has 0 aromatic rings. The Morgan fingerprint density at radius 2 is 1.89 bits per heavy atom. The van der Waals surface area contributed by atoms with Crippen LogP contribution in [0.15, 0.2) is 0 Å². The highest BCUT2D eigenvalue weighted by Gasteiger charge is 2.39. The highest BCUT2D eigenvalue weighted by atomic mass is 16.4. The number of hydrogen-bond acceptors (Lipinski definition) is 2. The SMILES string of the molecule is C[C@@H]1C[C@H](C)CC(CNCC2CC2)(CC(=O)O)C1. The van der Waals surface area contributed by atoms with Crippen LogP contribution in [0.5, 0.6) is 0 Å². The quantitative estimate of drug-likeness (QED) is 0.765. The first kappa shape index (κ1) is 13.9. The summed E-state index contributed by atoms with van der Waals surface area (Å²) in [7, 11) is 0. The molecule has 3 nitrogen and oxygen atoms in total. The summed E-state index contributed by atoms with van der Waals surface area (Å²) in [5.41, 5.74) is -0.00218. The molecule has 3 atom stereocenters. The highest BCUT2D eigenvalue weighted by Crippen LogP contribution is 2.44. The Bertz CT molecular complexity index is 289. The van der Waals surface area contributed by atoms with E-state index in [4.69, 9.17) is 0 Å². The van der Waals surface area contributed by atoms with Gasteiger partial charge in [0, 0.05) is 6.54 Å². The molecule has 2 rings (SSSR count). The summed E-state index contributed by atoms with van der Waals surface area (Å²) in [5, 5.41) is 12.7. The van der Waals surface area contributed by atoms with Crippen LogP contribution in [0.4, 0.5) is 0 Å². The molecule has 1 unspecified atom stereocenters. The zero-order chi connectivity index (χ0) is 13.2. The zero-order valence-electron chi connectivity index (χ0n) is 11.7. The molecule has 18 heavy (non-hydrogen) atoms. The molecule has 0 aliphatic heterocycles. The lowest BCUT2D eigenvalue weighted by molar-refractivity contribution is -0.140. The summed E-state index contributed by atoms with van der Waals surface area (Å²) in [5.74, 6) is 1.56. The number of carbonyl (C=O) groups is 1. The molecule has 0 spiro atoms. The summed E-state index contributed by atoms with van der Waals surface area (Å²) in [6.45, 7) is 6.52. The van der Waals surface area contributed by atoms with E-state index in [-0.39, 0.29) is 5.41 Å². The van der Waals surface area contributed by atoms with Crippen LogP contribution in [-0.4, -0.2) is 24.2 Å². The van der Waals surface area contributed by atoms with E-state index in [1.54, 1.807) is 0 Å². The molecule has 2 fully saturated rings. The second-order valence-electron chi connectivity index (χ2n) is 7.00. The molecule has 0 heterocycles. The molecular weight excluding hydrogens is 226 g/mol. The number of rotatable bonds is 6. The van der Waals surface area contributed by atoms with Crippen LogP contribution in [0.1, 0.15) is 52.4 Å². The fourth-order valence-electron chi connectivity index (χ4n) is 3.95. The topological polar surface area (TPSA) is 49.3 Å². The second-order valence-corrected chi connectivity index (χ2v) is 7.00. The van der Waals surface area contributed by atoms with E-state index in [0.29, 0.717) is 18.3 Å². The standard InChI is InChI=1S/C15H27NO2/c1-11-5-12(2)7-15(6-11,8-14(17)18)10-16-9-13-3-4-13/h11-13,16H,3-10H2,1-2H3,(H,17,18)/t11-,12+,15?. The molecule has 2 saturated carbocycles. The van der Waals surface area contributed by atoms with Gasteiger partial charge in [-0.15, -0.1) is 0 Å². The summed E-state index contributed by atoms with van der Waals surface area (Å²) in [4.78, 5) is 11.2. The molecule has 0 saturated heterocycles. The van der Waals surface area contributed by atoms with Crippen molar-refractivity contribution < 1.29 is 9.90 Å². The van der Waals surface area contributed by atoms with Crippen molar-refractivity contribution in [1.29, 1.82) is 0 Å². The Balaban J connectivity index is 1.93. The minimum absolute atomic E-state index is 0.00218. The fourth-order valence-corrected chi connectivity index (χ4v) is 3.95. The normalized spacial score (nSPS) is 36.6. The Hall–Kier alpha value is -0.570. The third-order valence-corrected chi connectivity index (χ3v) is 4.52. The fraction of sp³-hybridized carbons (Fsp3) is 0.933.